The number of rotatable bonds is 11. The minimum Gasteiger partial charge on any atom is -0.508 e. The summed E-state index contributed by atoms with van der Waals surface area (Å²) in [5.41, 5.74) is 11.3. The summed E-state index contributed by atoms with van der Waals surface area (Å²) in [6.45, 7) is 8.89. The van der Waals surface area contributed by atoms with Crippen molar-refractivity contribution in [3.05, 3.63) is 90.4 Å². The molecular formula is C32H38N6O3. The van der Waals surface area contributed by atoms with E-state index in [0.29, 0.717) is 19.5 Å². The summed E-state index contributed by atoms with van der Waals surface area (Å²) >= 11 is 0. The number of aromatic nitrogens is 3. The predicted molar refractivity (Wildman–Crippen MR) is 161 cm³/mol. The van der Waals surface area contributed by atoms with E-state index in [-0.39, 0.29) is 23.5 Å². The monoisotopic (exact) mass is 554 g/mol. The van der Waals surface area contributed by atoms with Crippen LogP contribution in [0.3, 0.4) is 0 Å². The predicted octanol–water partition coefficient (Wildman–Crippen LogP) is 4.68. The molecule has 0 fully saturated rings. The summed E-state index contributed by atoms with van der Waals surface area (Å²) < 4.78 is 1.85. The van der Waals surface area contributed by atoms with Crippen molar-refractivity contribution in [2.24, 2.45) is 5.73 Å². The fourth-order valence-electron chi connectivity index (χ4n) is 4.70. The molecule has 2 amide bonds. The maximum atomic E-state index is 12.5. The van der Waals surface area contributed by atoms with Crippen LogP contribution in [0.4, 0.5) is 5.69 Å². The number of aromatic hydroxyl groups is 1. The quantitative estimate of drug-likeness (QED) is 0.231. The number of primary amides is 1. The lowest BCUT2D eigenvalue weighted by Crippen LogP contribution is -2.49. The molecule has 0 radical (unpaired) electrons. The summed E-state index contributed by atoms with van der Waals surface area (Å²) in [4.78, 5) is 30.5. The molecule has 0 aliphatic carbocycles. The lowest BCUT2D eigenvalue weighted by molar-refractivity contribution is -0.137. The second kappa shape index (κ2) is 12.7. The van der Waals surface area contributed by atoms with Gasteiger partial charge in [0, 0.05) is 44.4 Å². The molecule has 1 atom stereocenters. The molecule has 2 aromatic carbocycles. The molecule has 214 valence electrons. The molecule has 9 nitrogen and oxygen atoms in total. The number of hydrogen-bond acceptors (Lipinski definition) is 6. The van der Waals surface area contributed by atoms with E-state index in [1.54, 1.807) is 36.7 Å². The fourth-order valence-corrected chi connectivity index (χ4v) is 4.70. The highest BCUT2D eigenvalue weighted by molar-refractivity contribution is 5.86. The Labute approximate surface area is 241 Å². The normalized spacial score (nSPS) is 12.1. The number of nitrogens with one attached hydrogen (secondary N) is 1. The van der Waals surface area contributed by atoms with E-state index >= 15 is 0 Å². The molecule has 0 saturated carbocycles. The van der Waals surface area contributed by atoms with Crippen molar-refractivity contribution in [2.45, 2.75) is 52.0 Å². The standard InChI is InChI=1S/C32H38N6O3/c1-22(39)37(29(31(33)41)20-23-6-12-27(40)13-7-23)19-5-16-35-28-21-38(36-30(28)24-14-17-34-18-15-24)26-10-8-25(9-11-26)32(2,3)4/h6-15,17-18,21,29,35,40H,5,16,19-20H2,1-4H3,(H2,33,41)/t29-/m0/s1. The van der Waals surface area contributed by atoms with Gasteiger partial charge in [-0.1, -0.05) is 45.0 Å². The number of phenols is 1. The number of pyridine rings is 1. The molecule has 0 unspecified atom stereocenters. The first-order chi connectivity index (χ1) is 19.5. The molecule has 0 aliphatic rings. The van der Waals surface area contributed by atoms with Crippen LogP contribution in [0.5, 0.6) is 5.75 Å². The summed E-state index contributed by atoms with van der Waals surface area (Å²) in [7, 11) is 0. The Balaban J connectivity index is 1.48. The zero-order chi connectivity index (χ0) is 29.6. The summed E-state index contributed by atoms with van der Waals surface area (Å²) in [6, 6.07) is 18.0. The molecule has 0 saturated heterocycles. The third kappa shape index (κ3) is 7.51. The van der Waals surface area contributed by atoms with Crippen molar-refractivity contribution in [2.75, 3.05) is 18.4 Å². The number of amides is 2. The molecule has 2 aromatic heterocycles. The largest absolute Gasteiger partial charge is 0.508 e. The molecule has 9 heteroatoms. The summed E-state index contributed by atoms with van der Waals surface area (Å²) in [6.07, 6.45) is 6.29. The number of anilines is 1. The van der Waals surface area contributed by atoms with E-state index < -0.39 is 11.9 Å². The summed E-state index contributed by atoms with van der Waals surface area (Å²) in [5, 5.41) is 17.9. The van der Waals surface area contributed by atoms with E-state index in [0.717, 1.165) is 28.2 Å². The van der Waals surface area contributed by atoms with Crippen LogP contribution < -0.4 is 11.1 Å². The highest BCUT2D eigenvalue weighted by Crippen LogP contribution is 2.29. The van der Waals surface area contributed by atoms with Crippen LogP contribution in [0.15, 0.2) is 79.3 Å². The van der Waals surface area contributed by atoms with Crippen LogP contribution in [0.25, 0.3) is 16.9 Å². The van der Waals surface area contributed by atoms with Crippen LogP contribution in [0.1, 0.15) is 45.2 Å². The van der Waals surface area contributed by atoms with Gasteiger partial charge in [0.15, 0.2) is 0 Å². The van der Waals surface area contributed by atoms with Crippen molar-refractivity contribution < 1.29 is 14.7 Å². The number of nitrogens with zero attached hydrogens (tertiary/aromatic N) is 4. The van der Waals surface area contributed by atoms with Crippen LogP contribution in [0.2, 0.25) is 0 Å². The first-order valence-electron chi connectivity index (χ1n) is 13.7. The number of nitrogens with two attached hydrogens (primary N) is 1. The first kappa shape index (κ1) is 29.3. The van der Waals surface area contributed by atoms with Gasteiger partial charge in [0.1, 0.15) is 17.5 Å². The first-order valence-corrected chi connectivity index (χ1v) is 13.7. The van der Waals surface area contributed by atoms with E-state index in [4.69, 9.17) is 10.8 Å². The van der Waals surface area contributed by atoms with Crippen LogP contribution in [0, 0.1) is 0 Å². The van der Waals surface area contributed by atoms with Gasteiger partial charge in [-0.15, -0.1) is 0 Å². The Morgan fingerprint density at radius 3 is 2.27 bits per heavy atom. The maximum Gasteiger partial charge on any atom is 0.240 e. The Kier molecular flexibility index (Phi) is 9.07. The van der Waals surface area contributed by atoms with E-state index in [1.165, 1.54) is 17.4 Å². The van der Waals surface area contributed by atoms with Crippen LogP contribution in [-0.2, 0) is 21.4 Å². The molecule has 4 aromatic rings. The third-order valence-corrected chi connectivity index (χ3v) is 7.03. The molecule has 4 N–H and O–H groups in total. The number of benzene rings is 2. The third-order valence-electron chi connectivity index (χ3n) is 7.03. The Morgan fingerprint density at radius 1 is 1.02 bits per heavy atom. The van der Waals surface area contributed by atoms with Crippen molar-refractivity contribution in [3.8, 4) is 22.7 Å². The smallest absolute Gasteiger partial charge is 0.240 e. The Morgan fingerprint density at radius 2 is 1.68 bits per heavy atom. The second-order valence-electron chi connectivity index (χ2n) is 11.2. The molecule has 0 spiro atoms. The van der Waals surface area contributed by atoms with E-state index in [2.05, 4.69) is 55.3 Å². The Bertz CT molecular complexity index is 1460. The van der Waals surface area contributed by atoms with Gasteiger partial charge in [0.25, 0.3) is 0 Å². The average Bonchev–Trinajstić information content (AvgIpc) is 3.37. The zero-order valence-electron chi connectivity index (χ0n) is 24.0. The van der Waals surface area contributed by atoms with Gasteiger partial charge >= 0.3 is 0 Å². The van der Waals surface area contributed by atoms with Crippen LogP contribution >= 0.6 is 0 Å². The van der Waals surface area contributed by atoms with Gasteiger partial charge < -0.3 is 21.1 Å². The number of carbonyl (C=O) groups is 2. The second-order valence-corrected chi connectivity index (χ2v) is 11.2. The van der Waals surface area contributed by atoms with Gasteiger partial charge in [-0.05, 0) is 59.4 Å². The Hall–Kier alpha value is -4.66. The van der Waals surface area contributed by atoms with Gasteiger partial charge in [0.05, 0.1) is 17.6 Å². The average molecular weight is 555 g/mol. The maximum absolute atomic E-state index is 12.5. The minimum absolute atomic E-state index is 0.0584. The van der Waals surface area contributed by atoms with Crippen LogP contribution in [-0.4, -0.2) is 55.7 Å². The lowest BCUT2D eigenvalue weighted by Gasteiger charge is -2.29. The highest BCUT2D eigenvalue weighted by Gasteiger charge is 2.26. The molecule has 41 heavy (non-hydrogen) atoms. The highest BCUT2D eigenvalue weighted by atomic mass is 16.3. The molecule has 2 heterocycles. The van der Waals surface area contributed by atoms with Gasteiger partial charge in [0.2, 0.25) is 11.8 Å². The minimum atomic E-state index is -0.789. The van der Waals surface area contributed by atoms with Gasteiger partial charge in [-0.25, -0.2) is 4.68 Å². The van der Waals surface area contributed by atoms with Crippen molar-refractivity contribution in [1.29, 1.82) is 0 Å². The van der Waals surface area contributed by atoms with Crippen molar-refractivity contribution >= 4 is 17.5 Å². The van der Waals surface area contributed by atoms with E-state index in [1.807, 2.05) is 23.0 Å². The molecule has 0 bridgehead atoms. The zero-order valence-corrected chi connectivity index (χ0v) is 24.0. The lowest BCUT2D eigenvalue weighted by atomic mass is 9.87. The van der Waals surface area contributed by atoms with Crippen molar-refractivity contribution in [3.63, 3.8) is 0 Å². The van der Waals surface area contributed by atoms with Gasteiger partial charge in [-0.2, -0.15) is 5.10 Å². The molecule has 4 rings (SSSR count). The SMILES string of the molecule is CC(=O)N(CCCNc1cn(-c2ccc(C(C)(C)C)cc2)nc1-c1ccncc1)[C@@H](Cc1ccc(O)cc1)C(N)=O. The topological polar surface area (TPSA) is 126 Å². The molecular weight excluding hydrogens is 516 g/mol. The van der Waals surface area contributed by atoms with Crippen molar-refractivity contribution in [1.82, 2.24) is 19.7 Å². The number of phenolic OH excluding ortho intramolecular Hbond substituents is 1. The fraction of sp³-hybridized carbons (Fsp3) is 0.312. The van der Waals surface area contributed by atoms with Gasteiger partial charge in [-0.3, -0.25) is 14.6 Å². The molecule has 0 aliphatic heterocycles. The number of carbonyl (C=O) groups excluding carboxylic acids is 2. The number of hydrogen-bond donors (Lipinski definition) is 3. The van der Waals surface area contributed by atoms with E-state index in [9.17, 15) is 14.7 Å². The summed E-state index contributed by atoms with van der Waals surface area (Å²) in [5.74, 6) is -0.660.